The molecular formula is C19H21N3O5S. The summed E-state index contributed by atoms with van der Waals surface area (Å²) in [6.07, 6.45) is 1.47. The molecule has 2 fully saturated rings. The molecule has 2 saturated heterocycles. The number of ether oxygens (including phenoxy) is 1. The molecule has 4 heterocycles. The zero-order valence-electron chi connectivity index (χ0n) is 15.3. The van der Waals surface area contributed by atoms with Crippen LogP contribution in [0.2, 0.25) is 0 Å². The minimum absolute atomic E-state index is 0.000577. The van der Waals surface area contributed by atoms with Gasteiger partial charge < -0.3 is 23.9 Å². The van der Waals surface area contributed by atoms with Crippen molar-refractivity contribution in [3.63, 3.8) is 0 Å². The van der Waals surface area contributed by atoms with Gasteiger partial charge in [0.05, 0.1) is 19.4 Å². The Kier molecular flexibility index (Phi) is 5.45. The van der Waals surface area contributed by atoms with Crippen molar-refractivity contribution in [2.24, 2.45) is 0 Å². The van der Waals surface area contributed by atoms with E-state index in [1.807, 2.05) is 17.5 Å². The summed E-state index contributed by atoms with van der Waals surface area (Å²) in [6, 6.07) is 6.56. The highest BCUT2D eigenvalue weighted by Gasteiger charge is 2.38. The zero-order chi connectivity index (χ0) is 19.5. The van der Waals surface area contributed by atoms with Crippen LogP contribution >= 0.6 is 11.3 Å². The van der Waals surface area contributed by atoms with Crippen LogP contribution in [0.4, 0.5) is 0 Å². The van der Waals surface area contributed by atoms with Crippen LogP contribution < -0.4 is 0 Å². The van der Waals surface area contributed by atoms with E-state index in [9.17, 15) is 14.4 Å². The van der Waals surface area contributed by atoms with Gasteiger partial charge >= 0.3 is 0 Å². The lowest BCUT2D eigenvalue weighted by Crippen LogP contribution is -2.60. The number of carbonyl (C=O) groups excluding carboxylic acids is 3. The van der Waals surface area contributed by atoms with Gasteiger partial charge in [-0.05, 0) is 23.6 Å². The van der Waals surface area contributed by atoms with Crippen molar-refractivity contribution >= 4 is 29.1 Å². The van der Waals surface area contributed by atoms with E-state index >= 15 is 0 Å². The van der Waals surface area contributed by atoms with Gasteiger partial charge in [0.2, 0.25) is 11.8 Å². The average molecular weight is 403 g/mol. The number of carbonyl (C=O) groups is 3. The fraction of sp³-hybridized carbons (Fsp3) is 0.421. The van der Waals surface area contributed by atoms with Gasteiger partial charge in [0, 0.05) is 31.1 Å². The van der Waals surface area contributed by atoms with Crippen molar-refractivity contribution < 1.29 is 23.5 Å². The molecule has 2 aliphatic heterocycles. The summed E-state index contributed by atoms with van der Waals surface area (Å²) < 4.78 is 10.5. The molecule has 148 valence electrons. The lowest BCUT2D eigenvalue weighted by atomic mass is 10.1. The van der Waals surface area contributed by atoms with E-state index in [0.717, 1.165) is 4.88 Å². The average Bonchev–Trinajstić information content (AvgIpc) is 3.43. The Morgan fingerprint density at radius 1 is 1.11 bits per heavy atom. The molecule has 0 aliphatic carbocycles. The van der Waals surface area contributed by atoms with E-state index in [1.54, 1.807) is 38.2 Å². The smallest absolute Gasteiger partial charge is 0.289 e. The second-order valence-corrected chi connectivity index (χ2v) is 7.76. The van der Waals surface area contributed by atoms with Crippen LogP contribution in [0.1, 0.15) is 15.4 Å². The lowest BCUT2D eigenvalue weighted by Gasteiger charge is -2.40. The van der Waals surface area contributed by atoms with E-state index in [-0.39, 0.29) is 30.9 Å². The van der Waals surface area contributed by atoms with E-state index in [4.69, 9.17) is 9.15 Å². The first kappa shape index (κ1) is 18.7. The third-order valence-electron chi connectivity index (χ3n) is 5.00. The molecule has 0 bridgehead atoms. The largest absolute Gasteiger partial charge is 0.459 e. The molecule has 0 N–H and O–H groups in total. The van der Waals surface area contributed by atoms with E-state index in [1.165, 1.54) is 6.26 Å². The molecule has 0 aromatic carbocycles. The monoisotopic (exact) mass is 403 g/mol. The highest BCUT2D eigenvalue weighted by Crippen LogP contribution is 2.19. The summed E-state index contributed by atoms with van der Waals surface area (Å²) in [5.74, 6) is -0.180. The third-order valence-corrected chi connectivity index (χ3v) is 5.86. The number of amides is 3. The number of hydrogen-bond donors (Lipinski definition) is 0. The van der Waals surface area contributed by atoms with Gasteiger partial charge in [-0.15, -0.1) is 11.3 Å². The van der Waals surface area contributed by atoms with Crippen molar-refractivity contribution in [1.82, 2.24) is 14.7 Å². The molecule has 2 aromatic rings. The first-order valence-electron chi connectivity index (χ1n) is 9.14. The summed E-state index contributed by atoms with van der Waals surface area (Å²) in [5, 5.41) is 1.95. The van der Waals surface area contributed by atoms with Crippen molar-refractivity contribution in [3.8, 4) is 0 Å². The van der Waals surface area contributed by atoms with Gasteiger partial charge in [0.15, 0.2) is 5.76 Å². The predicted molar refractivity (Wildman–Crippen MR) is 101 cm³/mol. The molecular weight excluding hydrogens is 382 g/mol. The van der Waals surface area contributed by atoms with Gasteiger partial charge in [-0.25, -0.2) is 0 Å². The van der Waals surface area contributed by atoms with E-state index in [2.05, 4.69) is 0 Å². The minimum Gasteiger partial charge on any atom is -0.459 e. The maximum atomic E-state index is 13.1. The zero-order valence-corrected chi connectivity index (χ0v) is 16.1. The molecule has 4 rings (SSSR count). The highest BCUT2D eigenvalue weighted by molar-refractivity contribution is 7.09. The van der Waals surface area contributed by atoms with Crippen molar-refractivity contribution in [2.45, 2.75) is 12.6 Å². The predicted octanol–water partition coefficient (Wildman–Crippen LogP) is 1.05. The van der Waals surface area contributed by atoms with Crippen LogP contribution in [-0.4, -0.2) is 77.9 Å². The number of nitrogens with zero attached hydrogens (tertiary/aromatic N) is 3. The van der Waals surface area contributed by atoms with Crippen LogP contribution in [0.5, 0.6) is 0 Å². The normalized spacial score (nSPS) is 20.5. The molecule has 28 heavy (non-hydrogen) atoms. The molecule has 2 aromatic heterocycles. The number of furan rings is 1. The second-order valence-electron chi connectivity index (χ2n) is 6.73. The summed E-state index contributed by atoms with van der Waals surface area (Å²) in [5.41, 5.74) is 0. The Morgan fingerprint density at radius 3 is 2.57 bits per heavy atom. The van der Waals surface area contributed by atoms with Crippen LogP contribution in [0.15, 0.2) is 40.3 Å². The van der Waals surface area contributed by atoms with Crippen LogP contribution in [0, 0.1) is 0 Å². The molecule has 9 heteroatoms. The van der Waals surface area contributed by atoms with Crippen LogP contribution in [-0.2, 0) is 20.9 Å². The Hall–Kier alpha value is -2.65. The first-order chi connectivity index (χ1) is 13.6. The number of morpholine rings is 1. The fourth-order valence-electron chi connectivity index (χ4n) is 3.47. The lowest BCUT2D eigenvalue weighted by molar-refractivity contribution is -0.160. The van der Waals surface area contributed by atoms with Crippen LogP contribution in [0.25, 0.3) is 0 Å². The van der Waals surface area contributed by atoms with Crippen molar-refractivity contribution in [1.29, 1.82) is 0 Å². The molecule has 2 aliphatic rings. The summed E-state index contributed by atoms with van der Waals surface area (Å²) in [6.45, 7) is 2.30. The Morgan fingerprint density at radius 2 is 1.89 bits per heavy atom. The highest BCUT2D eigenvalue weighted by atomic mass is 32.1. The quantitative estimate of drug-likeness (QED) is 0.762. The first-order valence-corrected chi connectivity index (χ1v) is 10.0. The number of hydrogen-bond acceptors (Lipinski definition) is 6. The van der Waals surface area contributed by atoms with E-state index < -0.39 is 6.04 Å². The molecule has 0 radical (unpaired) electrons. The molecule has 0 unspecified atom stereocenters. The maximum absolute atomic E-state index is 13.1. The second kappa shape index (κ2) is 8.15. The van der Waals surface area contributed by atoms with Crippen LogP contribution in [0.3, 0.4) is 0 Å². The Bertz CT molecular complexity index is 828. The SMILES string of the molecule is O=C(c1ccco1)N1CCN(C(=O)[C@@H]2COCC(=O)N2Cc2cccs2)CC1. The molecule has 1 atom stereocenters. The van der Waals surface area contributed by atoms with Crippen molar-refractivity contribution in [3.05, 3.63) is 46.5 Å². The van der Waals surface area contributed by atoms with Gasteiger partial charge in [0.1, 0.15) is 12.6 Å². The number of rotatable bonds is 4. The molecule has 8 nitrogen and oxygen atoms in total. The molecule has 0 saturated carbocycles. The Labute approximate surface area is 166 Å². The van der Waals surface area contributed by atoms with Gasteiger partial charge in [0.25, 0.3) is 5.91 Å². The fourth-order valence-corrected chi connectivity index (χ4v) is 4.18. The molecule has 0 spiro atoms. The summed E-state index contributed by atoms with van der Waals surface area (Å²) in [7, 11) is 0. The van der Waals surface area contributed by atoms with E-state index in [0.29, 0.717) is 38.5 Å². The summed E-state index contributed by atoms with van der Waals surface area (Å²) >= 11 is 1.56. The summed E-state index contributed by atoms with van der Waals surface area (Å²) in [4.78, 5) is 43.8. The number of piperazine rings is 1. The maximum Gasteiger partial charge on any atom is 0.289 e. The van der Waals surface area contributed by atoms with Gasteiger partial charge in [-0.2, -0.15) is 0 Å². The van der Waals surface area contributed by atoms with Gasteiger partial charge in [-0.3, -0.25) is 14.4 Å². The minimum atomic E-state index is -0.629. The molecule has 3 amide bonds. The standard InChI is InChI=1S/C19H21N3O5S/c23-17-13-26-12-15(22(17)11-14-3-2-10-28-14)18(24)20-5-7-21(8-6-20)19(25)16-4-1-9-27-16/h1-4,9-10,15H,5-8,11-13H2/t15-/m0/s1. The topological polar surface area (TPSA) is 83.3 Å². The third kappa shape index (κ3) is 3.81. The number of thiophene rings is 1. The van der Waals surface area contributed by atoms with Crippen molar-refractivity contribution in [2.75, 3.05) is 39.4 Å². The Balaban J connectivity index is 1.39. The van der Waals surface area contributed by atoms with Gasteiger partial charge in [-0.1, -0.05) is 6.07 Å².